The third-order valence-corrected chi connectivity index (χ3v) is 3.49. The van der Waals surface area contributed by atoms with Crippen LogP contribution in [-0.2, 0) is 0 Å². The van der Waals surface area contributed by atoms with E-state index in [1.54, 1.807) is 6.07 Å². The fraction of sp³-hybridized carbons (Fsp3) is 0.571. The molecule has 94 valence electrons. The standard InChI is InChI=1S/C14H19F2N/c1-3-4-11-8-14(11)17-9(2)10-5-6-12(15)13(16)7-10/h5-7,9,11,14,17H,3-4,8H2,1-2H3. The monoisotopic (exact) mass is 239 g/mol. The highest BCUT2D eigenvalue weighted by Gasteiger charge is 2.36. The quantitative estimate of drug-likeness (QED) is 0.824. The van der Waals surface area contributed by atoms with Crippen LogP contribution in [0.15, 0.2) is 18.2 Å². The molecule has 3 heteroatoms. The highest BCUT2D eigenvalue weighted by atomic mass is 19.2. The molecular weight excluding hydrogens is 220 g/mol. The summed E-state index contributed by atoms with van der Waals surface area (Å²) >= 11 is 0. The Hall–Kier alpha value is -0.960. The summed E-state index contributed by atoms with van der Waals surface area (Å²) in [6.07, 6.45) is 3.67. The molecule has 3 atom stereocenters. The first-order valence-electron chi connectivity index (χ1n) is 6.32. The van der Waals surface area contributed by atoms with Gasteiger partial charge in [-0.3, -0.25) is 0 Å². The highest BCUT2D eigenvalue weighted by Crippen LogP contribution is 2.36. The fourth-order valence-corrected chi connectivity index (χ4v) is 2.34. The van der Waals surface area contributed by atoms with E-state index in [9.17, 15) is 8.78 Å². The van der Waals surface area contributed by atoms with Crippen molar-refractivity contribution < 1.29 is 8.78 Å². The maximum Gasteiger partial charge on any atom is 0.159 e. The van der Waals surface area contributed by atoms with Crippen molar-refractivity contribution in [2.45, 2.75) is 45.2 Å². The molecule has 1 aromatic carbocycles. The van der Waals surface area contributed by atoms with Crippen molar-refractivity contribution in [3.63, 3.8) is 0 Å². The molecule has 0 bridgehead atoms. The first kappa shape index (κ1) is 12.5. The number of hydrogen-bond donors (Lipinski definition) is 1. The van der Waals surface area contributed by atoms with Crippen LogP contribution < -0.4 is 5.32 Å². The van der Waals surface area contributed by atoms with Gasteiger partial charge in [-0.1, -0.05) is 19.4 Å². The Morgan fingerprint density at radius 1 is 1.35 bits per heavy atom. The average Bonchev–Trinajstić information content (AvgIpc) is 3.01. The maximum absolute atomic E-state index is 13.1. The third-order valence-electron chi connectivity index (χ3n) is 3.49. The maximum atomic E-state index is 13.1. The van der Waals surface area contributed by atoms with E-state index in [2.05, 4.69) is 12.2 Å². The van der Waals surface area contributed by atoms with Gasteiger partial charge in [-0.05, 0) is 43.4 Å². The molecule has 1 nitrogen and oxygen atoms in total. The first-order chi connectivity index (χ1) is 8.11. The largest absolute Gasteiger partial charge is 0.307 e. The van der Waals surface area contributed by atoms with Gasteiger partial charge in [-0.25, -0.2) is 8.78 Å². The molecule has 3 unspecified atom stereocenters. The van der Waals surface area contributed by atoms with Crippen molar-refractivity contribution in [2.24, 2.45) is 5.92 Å². The average molecular weight is 239 g/mol. The van der Waals surface area contributed by atoms with E-state index in [1.165, 1.54) is 31.4 Å². The van der Waals surface area contributed by atoms with Crippen molar-refractivity contribution in [2.75, 3.05) is 0 Å². The first-order valence-corrected chi connectivity index (χ1v) is 6.32. The second kappa shape index (κ2) is 5.13. The molecule has 2 rings (SSSR count). The molecule has 1 aliphatic carbocycles. The Balaban J connectivity index is 1.91. The lowest BCUT2D eigenvalue weighted by Gasteiger charge is -2.14. The van der Waals surface area contributed by atoms with Gasteiger partial charge in [0.05, 0.1) is 0 Å². The van der Waals surface area contributed by atoms with Gasteiger partial charge < -0.3 is 5.32 Å². The summed E-state index contributed by atoms with van der Waals surface area (Å²) in [5, 5.41) is 3.46. The molecule has 0 amide bonds. The van der Waals surface area contributed by atoms with Crippen LogP contribution in [0.4, 0.5) is 8.78 Å². The van der Waals surface area contributed by atoms with Crippen LogP contribution in [0, 0.1) is 17.6 Å². The smallest absolute Gasteiger partial charge is 0.159 e. The van der Waals surface area contributed by atoms with E-state index >= 15 is 0 Å². The van der Waals surface area contributed by atoms with Gasteiger partial charge >= 0.3 is 0 Å². The molecule has 17 heavy (non-hydrogen) atoms. The van der Waals surface area contributed by atoms with E-state index in [1.807, 2.05) is 6.92 Å². The zero-order valence-electron chi connectivity index (χ0n) is 10.3. The van der Waals surface area contributed by atoms with Crippen LogP contribution >= 0.6 is 0 Å². The van der Waals surface area contributed by atoms with Crippen molar-refractivity contribution in [1.29, 1.82) is 0 Å². The summed E-state index contributed by atoms with van der Waals surface area (Å²) in [6, 6.07) is 4.76. The molecule has 1 N–H and O–H groups in total. The summed E-state index contributed by atoms with van der Waals surface area (Å²) in [7, 11) is 0. The minimum atomic E-state index is -0.781. The van der Waals surface area contributed by atoms with E-state index < -0.39 is 11.6 Å². The van der Waals surface area contributed by atoms with Crippen LogP contribution in [0.1, 0.15) is 44.7 Å². The number of benzene rings is 1. The minimum Gasteiger partial charge on any atom is -0.307 e. The Bertz CT molecular complexity index is 392. The lowest BCUT2D eigenvalue weighted by molar-refractivity contribution is 0.495. The number of nitrogens with one attached hydrogen (secondary N) is 1. The van der Waals surface area contributed by atoms with E-state index in [-0.39, 0.29) is 6.04 Å². The van der Waals surface area contributed by atoms with Gasteiger partial charge in [0, 0.05) is 12.1 Å². The molecule has 1 aliphatic rings. The van der Waals surface area contributed by atoms with Crippen LogP contribution in [-0.4, -0.2) is 6.04 Å². The Morgan fingerprint density at radius 2 is 2.12 bits per heavy atom. The molecule has 0 aliphatic heterocycles. The van der Waals surface area contributed by atoms with Crippen LogP contribution in [0.2, 0.25) is 0 Å². The number of rotatable bonds is 5. The topological polar surface area (TPSA) is 12.0 Å². The molecular formula is C14H19F2N. The lowest BCUT2D eigenvalue weighted by Crippen LogP contribution is -2.22. The zero-order valence-corrected chi connectivity index (χ0v) is 10.3. The minimum absolute atomic E-state index is 0.0805. The van der Waals surface area contributed by atoms with Gasteiger partial charge in [0.25, 0.3) is 0 Å². The molecule has 0 heterocycles. The second-order valence-electron chi connectivity index (χ2n) is 4.95. The van der Waals surface area contributed by atoms with Crippen molar-refractivity contribution >= 4 is 0 Å². The van der Waals surface area contributed by atoms with Crippen molar-refractivity contribution in [3.8, 4) is 0 Å². The second-order valence-corrected chi connectivity index (χ2v) is 4.95. The van der Waals surface area contributed by atoms with Gasteiger partial charge in [0.2, 0.25) is 0 Å². The summed E-state index contributed by atoms with van der Waals surface area (Å²) in [6.45, 7) is 4.18. The highest BCUT2D eigenvalue weighted by molar-refractivity contribution is 5.21. The Labute approximate surface area is 101 Å². The van der Waals surface area contributed by atoms with Gasteiger partial charge in [0.15, 0.2) is 11.6 Å². The van der Waals surface area contributed by atoms with Crippen molar-refractivity contribution in [1.82, 2.24) is 5.32 Å². The molecule has 1 aromatic rings. The molecule has 1 saturated carbocycles. The molecule has 0 saturated heterocycles. The SMILES string of the molecule is CCCC1CC1NC(C)c1ccc(F)c(F)c1. The lowest BCUT2D eigenvalue weighted by atomic mass is 10.1. The van der Waals surface area contributed by atoms with Gasteiger partial charge in [-0.15, -0.1) is 0 Å². The molecule has 0 aromatic heterocycles. The van der Waals surface area contributed by atoms with E-state index in [4.69, 9.17) is 0 Å². The summed E-state index contributed by atoms with van der Waals surface area (Å²) in [5.74, 6) is -0.777. The number of hydrogen-bond acceptors (Lipinski definition) is 1. The van der Waals surface area contributed by atoms with E-state index in [0.29, 0.717) is 6.04 Å². The van der Waals surface area contributed by atoms with Crippen LogP contribution in [0.25, 0.3) is 0 Å². The molecule has 0 radical (unpaired) electrons. The zero-order chi connectivity index (χ0) is 12.4. The normalized spacial score (nSPS) is 24.7. The fourth-order valence-electron chi connectivity index (χ4n) is 2.34. The van der Waals surface area contributed by atoms with Crippen molar-refractivity contribution in [3.05, 3.63) is 35.4 Å². The van der Waals surface area contributed by atoms with Gasteiger partial charge in [-0.2, -0.15) is 0 Å². The van der Waals surface area contributed by atoms with Crippen LogP contribution in [0.5, 0.6) is 0 Å². The third kappa shape index (κ3) is 3.03. The van der Waals surface area contributed by atoms with Crippen LogP contribution in [0.3, 0.4) is 0 Å². The molecule has 0 spiro atoms. The Morgan fingerprint density at radius 3 is 2.76 bits per heavy atom. The predicted molar refractivity (Wildman–Crippen MR) is 64.7 cm³/mol. The predicted octanol–water partition coefficient (Wildman–Crippen LogP) is 3.80. The summed E-state index contributed by atoms with van der Waals surface area (Å²) < 4.78 is 25.9. The summed E-state index contributed by atoms with van der Waals surface area (Å²) in [5.41, 5.74) is 0.811. The van der Waals surface area contributed by atoms with E-state index in [0.717, 1.165) is 11.5 Å². The Kier molecular flexibility index (Phi) is 3.77. The number of halogens is 2. The summed E-state index contributed by atoms with van der Waals surface area (Å²) in [4.78, 5) is 0. The molecule has 1 fully saturated rings. The van der Waals surface area contributed by atoms with Gasteiger partial charge in [0.1, 0.15) is 0 Å².